The summed E-state index contributed by atoms with van der Waals surface area (Å²) in [5.74, 6) is -1.58. The van der Waals surface area contributed by atoms with Gasteiger partial charge in [0, 0.05) is 18.7 Å². The molecule has 0 unspecified atom stereocenters. The van der Waals surface area contributed by atoms with Crippen LogP contribution in [0.2, 0.25) is 10.0 Å². The first kappa shape index (κ1) is 31.4. The first-order valence-corrected chi connectivity index (χ1v) is 14.9. The molecule has 7 nitrogen and oxygen atoms in total. The number of sulfonamides is 1. The van der Waals surface area contributed by atoms with E-state index in [-0.39, 0.29) is 38.7 Å². The topological polar surface area (TPSA) is 86.8 Å². The highest BCUT2D eigenvalue weighted by molar-refractivity contribution is 7.92. The number of benzene rings is 3. The van der Waals surface area contributed by atoms with Crippen molar-refractivity contribution < 1.29 is 22.4 Å². The van der Waals surface area contributed by atoms with Crippen molar-refractivity contribution in [2.45, 2.75) is 45.2 Å². The fourth-order valence-corrected chi connectivity index (χ4v) is 5.75. The number of carbonyl (C=O) groups excluding carboxylic acids is 2. The van der Waals surface area contributed by atoms with E-state index in [0.717, 1.165) is 14.8 Å². The Morgan fingerprint density at radius 1 is 0.950 bits per heavy atom. The highest BCUT2D eigenvalue weighted by atomic mass is 35.5. The van der Waals surface area contributed by atoms with E-state index in [0.29, 0.717) is 6.54 Å². The van der Waals surface area contributed by atoms with E-state index in [2.05, 4.69) is 5.32 Å². The first-order valence-electron chi connectivity index (χ1n) is 12.7. The zero-order chi connectivity index (χ0) is 29.6. The van der Waals surface area contributed by atoms with Crippen molar-refractivity contribution >= 4 is 50.7 Å². The second-order valence-corrected chi connectivity index (χ2v) is 12.5. The highest BCUT2D eigenvalue weighted by Crippen LogP contribution is 2.35. The minimum Gasteiger partial charge on any atom is -0.354 e. The third-order valence-corrected chi connectivity index (χ3v) is 8.82. The number of hydrogen-bond acceptors (Lipinski definition) is 4. The Hall–Kier alpha value is -3.14. The quantitative estimate of drug-likeness (QED) is 0.297. The lowest BCUT2D eigenvalue weighted by atomic mass is 10.1. The number of anilines is 1. The third kappa shape index (κ3) is 7.53. The molecule has 0 heterocycles. The van der Waals surface area contributed by atoms with E-state index in [4.69, 9.17) is 23.2 Å². The number of nitrogens with one attached hydrogen (secondary N) is 1. The second kappa shape index (κ2) is 13.5. The molecule has 0 aliphatic carbocycles. The van der Waals surface area contributed by atoms with Crippen molar-refractivity contribution in [1.82, 2.24) is 10.2 Å². The third-order valence-electron chi connectivity index (χ3n) is 6.24. The van der Waals surface area contributed by atoms with Gasteiger partial charge in [-0.1, -0.05) is 79.0 Å². The Kier molecular flexibility index (Phi) is 10.6. The number of hydrogen-bond donors (Lipinski definition) is 1. The number of nitrogens with zero attached hydrogens (tertiary/aromatic N) is 2. The van der Waals surface area contributed by atoms with Crippen LogP contribution in [0.4, 0.5) is 10.1 Å². The van der Waals surface area contributed by atoms with E-state index >= 15 is 0 Å². The molecule has 1 N–H and O–H groups in total. The zero-order valence-corrected chi connectivity index (χ0v) is 25.0. The van der Waals surface area contributed by atoms with Crippen molar-refractivity contribution in [2.75, 3.05) is 17.4 Å². The Balaban J connectivity index is 2.07. The van der Waals surface area contributed by atoms with Crippen LogP contribution in [0.25, 0.3) is 0 Å². The summed E-state index contributed by atoms with van der Waals surface area (Å²) in [7, 11) is -4.32. The molecule has 3 rings (SSSR count). The van der Waals surface area contributed by atoms with Gasteiger partial charge < -0.3 is 10.2 Å². The van der Waals surface area contributed by atoms with Gasteiger partial charge in [-0.25, -0.2) is 12.8 Å². The Labute approximate surface area is 244 Å². The molecule has 214 valence electrons. The molecule has 0 saturated carbocycles. The average molecular weight is 609 g/mol. The van der Waals surface area contributed by atoms with Crippen LogP contribution in [0, 0.1) is 18.7 Å². The Morgan fingerprint density at radius 3 is 2.23 bits per heavy atom. The molecule has 3 aromatic rings. The molecular formula is C29H32Cl2FN3O4S. The van der Waals surface area contributed by atoms with Crippen molar-refractivity contribution in [3.63, 3.8) is 0 Å². The maximum absolute atomic E-state index is 14.6. The van der Waals surface area contributed by atoms with Crippen LogP contribution in [0.1, 0.15) is 31.9 Å². The van der Waals surface area contributed by atoms with Crippen molar-refractivity contribution in [3.05, 3.63) is 93.7 Å². The van der Waals surface area contributed by atoms with Crippen LogP contribution in [-0.4, -0.2) is 44.3 Å². The molecule has 0 aliphatic heterocycles. The van der Waals surface area contributed by atoms with Crippen LogP contribution in [0.15, 0.2) is 71.6 Å². The van der Waals surface area contributed by atoms with Gasteiger partial charge in [0.15, 0.2) is 0 Å². The van der Waals surface area contributed by atoms with Gasteiger partial charge in [0.2, 0.25) is 11.8 Å². The molecule has 0 fully saturated rings. The summed E-state index contributed by atoms with van der Waals surface area (Å²) >= 11 is 12.6. The molecule has 2 amide bonds. The molecule has 0 spiro atoms. The van der Waals surface area contributed by atoms with E-state index < -0.39 is 40.2 Å². The van der Waals surface area contributed by atoms with Gasteiger partial charge in [-0.15, -0.1) is 0 Å². The molecule has 0 aromatic heterocycles. The van der Waals surface area contributed by atoms with Crippen molar-refractivity contribution in [2.24, 2.45) is 5.92 Å². The molecule has 40 heavy (non-hydrogen) atoms. The summed E-state index contributed by atoms with van der Waals surface area (Å²) in [6, 6.07) is 15.4. The molecule has 3 aromatic carbocycles. The summed E-state index contributed by atoms with van der Waals surface area (Å²) in [6.45, 7) is 6.58. The molecule has 1 atom stereocenters. The van der Waals surface area contributed by atoms with Crippen molar-refractivity contribution in [1.29, 1.82) is 0 Å². The number of aryl methyl sites for hydroxylation is 1. The summed E-state index contributed by atoms with van der Waals surface area (Å²) in [4.78, 5) is 28.0. The standard InChI is InChI=1S/C29H32Cl2FN3O4S/c1-19(2)16-33-29(37)21(4)34(17-22-8-5-6-10-25(22)32)27(36)18-35(26-11-7-9-24(30)28(26)31)40(38,39)23-14-12-20(3)13-15-23/h5-15,19,21H,16-18H2,1-4H3,(H,33,37)/t21-/m1/s1. The number of carbonyl (C=O) groups is 2. The van der Waals surface area contributed by atoms with Gasteiger partial charge in [0.1, 0.15) is 18.4 Å². The molecule has 0 saturated heterocycles. The number of halogens is 3. The molecule has 0 aliphatic rings. The smallest absolute Gasteiger partial charge is 0.264 e. The molecule has 0 radical (unpaired) electrons. The van der Waals surface area contributed by atoms with Crippen LogP contribution in [0.3, 0.4) is 0 Å². The van der Waals surface area contributed by atoms with E-state index in [1.165, 1.54) is 55.5 Å². The highest BCUT2D eigenvalue weighted by Gasteiger charge is 2.34. The van der Waals surface area contributed by atoms with Crippen LogP contribution in [-0.2, 0) is 26.2 Å². The number of amides is 2. The monoisotopic (exact) mass is 607 g/mol. The Morgan fingerprint density at radius 2 is 1.60 bits per heavy atom. The lowest BCUT2D eigenvalue weighted by Crippen LogP contribution is -2.51. The van der Waals surface area contributed by atoms with Crippen LogP contribution >= 0.6 is 23.2 Å². The average Bonchev–Trinajstić information content (AvgIpc) is 2.91. The zero-order valence-electron chi connectivity index (χ0n) is 22.7. The van der Waals surface area contributed by atoms with E-state index in [1.54, 1.807) is 18.2 Å². The predicted molar refractivity (Wildman–Crippen MR) is 156 cm³/mol. The predicted octanol–water partition coefficient (Wildman–Crippen LogP) is 5.83. The maximum Gasteiger partial charge on any atom is 0.264 e. The largest absolute Gasteiger partial charge is 0.354 e. The minimum absolute atomic E-state index is 0.00848. The van der Waals surface area contributed by atoms with Gasteiger partial charge in [0.25, 0.3) is 10.0 Å². The van der Waals surface area contributed by atoms with Gasteiger partial charge in [0.05, 0.1) is 20.6 Å². The summed E-state index contributed by atoms with van der Waals surface area (Å²) in [5.41, 5.74) is 1.01. The minimum atomic E-state index is -4.32. The lowest BCUT2D eigenvalue weighted by Gasteiger charge is -2.32. The second-order valence-electron chi connectivity index (χ2n) is 9.83. The van der Waals surface area contributed by atoms with Gasteiger partial charge in [-0.05, 0) is 50.1 Å². The number of rotatable bonds is 11. The maximum atomic E-state index is 14.6. The van der Waals surface area contributed by atoms with E-state index in [1.807, 2.05) is 20.8 Å². The molecular weight excluding hydrogens is 576 g/mol. The van der Waals surface area contributed by atoms with Crippen molar-refractivity contribution in [3.8, 4) is 0 Å². The lowest BCUT2D eigenvalue weighted by molar-refractivity contribution is -0.139. The first-order chi connectivity index (χ1) is 18.8. The van der Waals surface area contributed by atoms with Crippen LogP contribution < -0.4 is 9.62 Å². The fraction of sp³-hybridized carbons (Fsp3) is 0.310. The SMILES string of the molecule is Cc1ccc(S(=O)(=O)N(CC(=O)N(Cc2ccccc2F)[C@H](C)C(=O)NCC(C)C)c2cccc(Cl)c2Cl)cc1. The molecule has 0 bridgehead atoms. The van der Waals surface area contributed by atoms with Gasteiger partial charge in [-0.3, -0.25) is 13.9 Å². The molecule has 11 heteroatoms. The summed E-state index contributed by atoms with van der Waals surface area (Å²) < 4.78 is 43.2. The summed E-state index contributed by atoms with van der Waals surface area (Å²) in [5, 5.41) is 2.82. The Bertz CT molecular complexity index is 1470. The van der Waals surface area contributed by atoms with Gasteiger partial charge >= 0.3 is 0 Å². The summed E-state index contributed by atoms with van der Waals surface area (Å²) in [6.07, 6.45) is 0. The van der Waals surface area contributed by atoms with Crippen LogP contribution in [0.5, 0.6) is 0 Å². The van der Waals surface area contributed by atoms with E-state index in [9.17, 15) is 22.4 Å². The van der Waals surface area contributed by atoms with Gasteiger partial charge in [-0.2, -0.15) is 0 Å². The fourth-order valence-electron chi connectivity index (χ4n) is 3.88. The normalized spacial score (nSPS) is 12.2.